The van der Waals surface area contributed by atoms with E-state index >= 15 is 0 Å². The fraction of sp³-hybridized carbons (Fsp3) is 1.00. The first kappa shape index (κ1) is 10.0. The maximum atomic E-state index is 9.76. The van der Waals surface area contributed by atoms with Crippen LogP contribution < -0.4 is 0 Å². The van der Waals surface area contributed by atoms with Crippen molar-refractivity contribution in [3.05, 3.63) is 0 Å². The summed E-state index contributed by atoms with van der Waals surface area (Å²) in [7, 11) is 0. The van der Waals surface area contributed by atoms with Crippen LogP contribution in [-0.2, 0) is 0 Å². The smallest absolute Gasteiger partial charge is 0.0568 e. The number of hydrogen-bond donors (Lipinski definition) is 1. The van der Waals surface area contributed by atoms with Gasteiger partial charge in [0.05, 0.1) is 6.10 Å². The highest BCUT2D eigenvalue weighted by atomic mass is 16.3. The molecule has 1 fully saturated rings. The molecule has 1 nitrogen and oxygen atoms in total. The van der Waals surface area contributed by atoms with Crippen LogP contribution in [0.2, 0.25) is 0 Å². The van der Waals surface area contributed by atoms with Gasteiger partial charge in [0.2, 0.25) is 0 Å². The highest BCUT2D eigenvalue weighted by Crippen LogP contribution is 2.31. The number of aliphatic hydroxyl groups is 1. The van der Waals surface area contributed by atoms with Crippen LogP contribution in [0, 0.1) is 11.8 Å². The molecule has 12 heavy (non-hydrogen) atoms. The van der Waals surface area contributed by atoms with Crippen LogP contribution in [-0.4, -0.2) is 11.2 Å². The quantitative estimate of drug-likeness (QED) is 0.690. The molecule has 0 aliphatic heterocycles. The molecule has 1 N–H and O–H groups in total. The molecule has 0 amide bonds. The van der Waals surface area contributed by atoms with Crippen molar-refractivity contribution >= 4 is 0 Å². The van der Waals surface area contributed by atoms with Crippen LogP contribution in [0.15, 0.2) is 0 Å². The van der Waals surface area contributed by atoms with E-state index in [9.17, 15) is 5.11 Å². The monoisotopic (exact) mass is 170 g/mol. The van der Waals surface area contributed by atoms with Crippen molar-refractivity contribution in [3.8, 4) is 0 Å². The summed E-state index contributed by atoms with van der Waals surface area (Å²) < 4.78 is 0. The average molecular weight is 170 g/mol. The van der Waals surface area contributed by atoms with Crippen molar-refractivity contribution in [2.45, 2.75) is 58.5 Å². The van der Waals surface area contributed by atoms with Crippen LogP contribution in [0.4, 0.5) is 0 Å². The van der Waals surface area contributed by atoms with Crippen molar-refractivity contribution in [2.75, 3.05) is 0 Å². The maximum Gasteiger partial charge on any atom is 0.0568 e. The Balaban J connectivity index is 2.24. The third-order valence-corrected chi connectivity index (χ3v) is 3.19. The zero-order valence-electron chi connectivity index (χ0n) is 8.42. The Morgan fingerprint density at radius 3 is 2.33 bits per heavy atom. The van der Waals surface area contributed by atoms with Gasteiger partial charge in [0.25, 0.3) is 0 Å². The normalized spacial score (nSPS) is 33.2. The van der Waals surface area contributed by atoms with Gasteiger partial charge in [0.1, 0.15) is 0 Å². The second kappa shape index (κ2) is 4.86. The SMILES string of the molecule is CCC[C@@H](O)C1CCC(C)CC1. The van der Waals surface area contributed by atoms with Crippen molar-refractivity contribution in [3.63, 3.8) is 0 Å². The van der Waals surface area contributed by atoms with Crippen molar-refractivity contribution in [2.24, 2.45) is 11.8 Å². The fourth-order valence-corrected chi connectivity index (χ4v) is 2.20. The van der Waals surface area contributed by atoms with E-state index in [0.29, 0.717) is 5.92 Å². The molecule has 1 rings (SSSR count). The fourth-order valence-electron chi connectivity index (χ4n) is 2.20. The minimum atomic E-state index is -0.0116. The highest BCUT2D eigenvalue weighted by Gasteiger charge is 2.23. The summed E-state index contributed by atoms with van der Waals surface area (Å²) in [4.78, 5) is 0. The first-order valence-electron chi connectivity index (χ1n) is 5.42. The average Bonchev–Trinajstić information content (AvgIpc) is 2.06. The van der Waals surface area contributed by atoms with Crippen LogP contribution in [0.25, 0.3) is 0 Å². The molecule has 0 aromatic rings. The van der Waals surface area contributed by atoms with Gasteiger partial charge in [0.15, 0.2) is 0 Å². The minimum absolute atomic E-state index is 0.0116. The predicted octanol–water partition coefficient (Wildman–Crippen LogP) is 2.97. The molecule has 1 atom stereocenters. The van der Waals surface area contributed by atoms with Crippen molar-refractivity contribution in [1.29, 1.82) is 0 Å². The molecule has 0 unspecified atom stereocenters. The molecule has 0 spiro atoms. The van der Waals surface area contributed by atoms with Gasteiger partial charge < -0.3 is 5.11 Å². The Bertz CT molecular complexity index is 114. The predicted molar refractivity (Wildman–Crippen MR) is 52.0 cm³/mol. The van der Waals surface area contributed by atoms with Gasteiger partial charge in [0, 0.05) is 0 Å². The van der Waals surface area contributed by atoms with Gasteiger partial charge in [-0.2, -0.15) is 0 Å². The second-order valence-corrected chi connectivity index (χ2v) is 4.38. The third-order valence-electron chi connectivity index (χ3n) is 3.19. The lowest BCUT2D eigenvalue weighted by Crippen LogP contribution is -2.24. The van der Waals surface area contributed by atoms with Gasteiger partial charge >= 0.3 is 0 Å². The summed E-state index contributed by atoms with van der Waals surface area (Å²) >= 11 is 0. The third kappa shape index (κ3) is 2.78. The molecule has 1 aliphatic carbocycles. The summed E-state index contributed by atoms with van der Waals surface area (Å²) in [5.41, 5.74) is 0. The van der Waals surface area contributed by atoms with Gasteiger partial charge in [-0.3, -0.25) is 0 Å². The van der Waals surface area contributed by atoms with E-state index in [4.69, 9.17) is 0 Å². The molecule has 0 saturated heterocycles. The first-order chi connectivity index (χ1) is 5.74. The lowest BCUT2D eigenvalue weighted by Gasteiger charge is -2.29. The lowest BCUT2D eigenvalue weighted by molar-refractivity contribution is 0.0682. The second-order valence-electron chi connectivity index (χ2n) is 4.38. The molecular formula is C11H22O. The van der Waals surface area contributed by atoms with Crippen molar-refractivity contribution in [1.82, 2.24) is 0 Å². The van der Waals surface area contributed by atoms with Gasteiger partial charge in [-0.15, -0.1) is 0 Å². The summed E-state index contributed by atoms with van der Waals surface area (Å²) in [6.45, 7) is 4.47. The summed E-state index contributed by atoms with van der Waals surface area (Å²) in [6.07, 6.45) is 7.26. The van der Waals surface area contributed by atoms with Crippen LogP contribution in [0.3, 0.4) is 0 Å². The zero-order chi connectivity index (χ0) is 8.97. The molecule has 0 aromatic carbocycles. The Kier molecular flexibility index (Phi) is 4.07. The summed E-state index contributed by atoms with van der Waals surface area (Å²) in [5, 5.41) is 9.76. The Labute approximate surface area is 76.2 Å². The number of aliphatic hydroxyl groups excluding tert-OH is 1. The summed E-state index contributed by atoms with van der Waals surface area (Å²) in [6, 6.07) is 0. The van der Waals surface area contributed by atoms with E-state index in [0.717, 1.165) is 18.8 Å². The Morgan fingerprint density at radius 2 is 1.83 bits per heavy atom. The van der Waals surface area contributed by atoms with Crippen LogP contribution in [0.1, 0.15) is 52.4 Å². The number of hydrogen-bond acceptors (Lipinski definition) is 1. The molecule has 0 heterocycles. The van der Waals surface area contributed by atoms with Crippen LogP contribution in [0.5, 0.6) is 0 Å². The first-order valence-corrected chi connectivity index (χ1v) is 5.42. The zero-order valence-corrected chi connectivity index (χ0v) is 8.42. The lowest BCUT2D eigenvalue weighted by atomic mass is 9.79. The van der Waals surface area contributed by atoms with Gasteiger partial charge in [-0.1, -0.05) is 33.1 Å². The van der Waals surface area contributed by atoms with E-state index in [1.54, 1.807) is 0 Å². The van der Waals surface area contributed by atoms with E-state index in [2.05, 4.69) is 13.8 Å². The van der Waals surface area contributed by atoms with Gasteiger partial charge in [-0.05, 0) is 31.1 Å². The molecule has 0 radical (unpaired) electrons. The Hall–Kier alpha value is -0.0400. The molecule has 1 saturated carbocycles. The molecule has 1 heteroatoms. The van der Waals surface area contributed by atoms with E-state index in [1.165, 1.54) is 25.7 Å². The molecule has 1 aliphatic rings. The highest BCUT2D eigenvalue weighted by molar-refractivity contribution is 4.75. The van der Waals surface area contributed by atoms with E-state index in [-0.39, 0.29) is 6.10 Å². The summed E-state index contributed by atoms with van der Waals surface area (Å²) in [5.74, 6) is 1.51. The van der Waals surface area contributed by atoms with E-state index < -0.39 is 0 Å². The molecule has 0 aromatic heterocycles. The molecule has 72 valence electrons. The number of rotatable bonds is 3. The van der Waals surface area contributed by atoms with Crippen molar-refractivity contribution < 1.29 is 5.11 Å². The van der Waals surface area contributed by atoms with E-state index in [1.807, 2.05) is 0 Å². The molecule has 0 bridgehead atoms. The molecular weight excluding hydrogens is 148 g/mol. The van der Waals surface area contributed by atoms with Gasteiger partial charge in [-0.25, -0.2) is 0 Å². The standard InChI is InChI=1S/C11H22O/c1-3-4-11(12)10-7-5-9(2)6-8-10/h9-12H,3-8H2,1-2H3/t9?,10?,11-/m1/s1. The Morgan fingerprint density at radius 1 is 1.25 bits per heavy atom. The largest absolute Gasteiger partial charge is 0.393 e. The topological polar surface area (TPSA) is 20.2 Å². The van der Waals surface area contributed by atoms with Crippen LogP contribution >= 0.6 is 0 Å². The minimum Gasteiger partial charge on any atom is -0.393 e. The maximum absolute atomic E-state index is 9.76.